The summed E-state index contributed by atoms with van der Waals surface area (Å²) in [6.45, 7) is 4.17. The van der Waals surface area contributed by atoms with Gasteiger partial charge in [-0.1, -0.05) is 18.2 Å². The summed E-state index contributed by atoms with van der Waals surface area (Å²) < 4.78 is 45.4. The molecule has 7 heteroatoms. The lowest BCUT2D eigenvalue weighted by Crippen LogP contribution is -2.26. The minimum atomic E-state index is -4.42. The van der Waals surface area contributed by atoms with E-state index in [-0.39, 0.29) is 25.1 Å². The standard InChI is InChI=1S/C17H19F3N2O2/c1-10-11(2)24-16(21-10)9-22-8-12(23)7-15(22)13-5-3-4-6-14(13)17(18,19)20/h3-6,12,15,23H,7-9H2,1-2H3/t12-,15+/m0/s1. The van der Waals surface area contributed by atoms with Crippen LogP contribution in [0.15, 0.2) is 28.7 Å². The molecule has 24 heavy (non-hydrogen) atoms. The van der Waals surface area contributed by atoms with Crippen molar-refractivity contribution in [1.82, 2.24) is 9.88 Å². The molecule has 2 heterocycles. The number of aliphatic hydroxyl groups excluding tert-OH is 1. The number of oxazole rings is 1. The number of hydrogen-bond acceptors (Lipinski definition) is 4. The highest BCUT2D eigenvalue weighted by Gasteiger charge is 2.40. The first-order valence-electron chi connectivity index (χ1n) is 7.77. The van der Waals surface area contributed by atoms with Crippen LogP contribution in [0.3, 0.4) is 0 Å². The molecule has 1 saturated heterocycles. The van der Waals surface area contributed by atoms with Gasteiger partial charge in [-0.2, -0.15) is 13.2 Å². The number of aryl methyl sites for hydroxylation is 2. The van der Waals surface area contributed by atoms with E-state index in [2.05, 4.69) is 4.98 Å². The summed E-state index contributed by atoms with van der Waals surface area (Å²) in [6.07, 6.45) is -4.84. The zero-order valence-electron chi connectivity index (χ0n) is 13.5. The van der Waals surface area contributed by atoms with Gasteiger partial charge in [0.15, 0.2) is 0 Å². The van der Waals surface area contributed by atoms with Gasteiger partial charge >= 0.3 is 6.18 Å². The number of likely N-dealkylation sites (tertiary alicyclic amines) is 1. The van der Waals surface area contributed by atoms with Crippen molar-refractivity contribution < 1.29 is 22.7 Å². The third-order valence-corrected chi connectivity index (χ3v) is 4.42. The Morgan fingerprint density at radius 1 is 1.29 bits per heavy atom. The molecule has 2 atom stereocenters. The van der Waals surface area contributed by atoms with E-state index in [1.54, 1.807) is 17.9 Å². The van der Waals surface area contributed by atoms with Crippen molar-refractivity contribution in [3.05, 3.63) is 52.7 Å². The van der Waals surface area contributed by atoms with E-state index < -0.39 is 23.9 Å². The lowest BCUT2D eigenvalue weighted by molar-refractivity contribution is -0.138. The molecule has 0 saturated carbocycles. The smallest absolute Gasteiger partial charge is 0.416 e. The van der Waals surface area contributed by atoms with E-state index in [0.717, 1.165) is 11.8 Å². The summed E-state index contributed by atoms with van der Waals surface area (Å²) in [5.41, 5.74) is 0.285. The molecule has 0 aliphatic carbocycles. The molecule has 1 aromatic heterocycles. The summed E-state index contributed by atoms with van der Waals surface area (Å²) in [7, 11) is 0. The second kappa shape index (κ2) is 6.22. The van der Waals surface area contributed by atoms with Crippen molar-refractivity contribution in [2.75, 3.05) is 6.54 Å². The number of nitrogens with zero attached hydrogens (tertiary/aromatic N) is 2. The van der Waals surface area contributed by atoms with Crippen LogP contribution >= 0.6 is 0 Å². The molecule has 3 rings (SSSR count). The molecule has 0 bridgehead atoms. The molecule has 1 aliphatic heterocycles. The topological polar surface area (TPSA) is 49.5 Å². The van der Waals surface area contributed by atoms with Crippen LogP contribution in [-0.2, 0) is 12.7 Å². The van der Waals surface area contributed by atoms with Crippen molar-refractivity contribution in [1.29, 1.82) is 0 Å². The predicted molar refractivity (Wildman–Crippen MR) is 81.2 cm³/mol. The van der Waals surface area contributed by atoms with Crippen LogP contribution in [0.1, 0.15) is 40.9 Å². The highest BCUT2D eigenvalue weighted by molar-refractivity contribution is 5.33. The molecule has 0 radical (unpaired) electrons. The summed E-state index contributed by atoms with van der Waals surface area (Å²) in [5.74, 6) is 1.14. The quantitative estimate of drug-likeness (QED) is 0.927. The minimum Gasteiger partial charge on any atom is -0.444 e. The second-order valence-corrected chi connectivity index (χ2v) is 6.17. The maximum absolute atomic E-state index is 13.3. The number of benzene rings is 1. The number of aliphatic hydroxyl groups is 1. The zero-order chi connectivity index (χ0) is 17.5. The molecule has 0 amide bonds. The van der Waals surface area contributed by atoms with E-state index in [9.17, 15) is 18.3 Å². The molecule has 4 nitrogen and oxygen atoms in total. The molecule has 1 aromatic carbocycles. The Morgan fingerprint density at radius 2 is 2.00 bits per heavy atom. The SMILES string of the molecule is Cc1nc(CN2C[C@@H](O)C[C@@H]2c2ccccc2C(F)(F)F)oc1C. The van der Waals surface area contributed by atoms with Gasteiger partial charge in [0.2, 0.25) is 5.89 Å². The maximum atomic E-state index is 13.3. The van der Waals surface area contributed by atoms with Crippen molar-refractivity contribution >= 4 is 0 Å². The zero-order valence-corrected chi connectivity index (χ0v) is 13.5. The molecule has 1 N–H and O–H groups in total. The molecule has 0 spiro atoms. The molecule has 0 unspecified atom stereocenters. The highest BCUT2D eigenvalue weighted by atomic mass is 19.4. The Bertz CT molecular complexity index is 707. The first-order chi connectivity index (χ1) is 11.3. The van der Waals surface area contributed by atoms with E-state index in [0.29, 0.717) is 11.7 Å². The van der Waals surface area contributed by atoms with Crippen LogP contribution in [0.25, 0.3) is 0 Å². The predicted octanol–water partition coefficient (Wildman–Crippen LogP) is 3.62. The van der Waals surface area contributed by atoms with Crippen LogP contribution in [-0.4, -0.2) is 27.6 Å². The first kappa shape index (κ1) is 17.0. The van der Waals surface area contributed by atoms with Gasteiger partial charge in [0.05, 0.1) is 23.9 Å². The van der Waals surface area contributed by atoms with Gasteiger partial charge in [0.25, 0.3) is 0 Å². The van der Waals surface area contributed by atoms with E-state index in [1.807, 2.05) is 6.92 Å². The maximum Gasteiger partial charge on any atom is 0.416 e. The van der Waals surface area contributed by atoms with Gasteiger partial charge in [-0.15, -0.1) is 0 Å². The van der Waals surface area contributed by atoms with Crippen molar-refractivity contribution in [3.63, 3.8) is 0 Å². The fourth-order valence-corrected chi connectivity index (χ4v) is 3.20. The Kier molecular flexibility index (Phi) is 4.40. The Balaban J connectivity index is 1.91. The van der Waals surface area contributed by atoms with Gasteiger partial charge in [-0.25, -0.2) is 4.98 Å². The van der Waals surface area contributed by atoms with Crippen LogP contribution < -0.4 is 0 Å². The average Bonchev–Trinajstić information content (AvgIpc) is 3.01. The van der Waals surface area contributed by atoms with E-state index in [4.69, 9.17) is 4.42 Å². The molecule has 1 fully saturated rings. The Morgan fingerprint density at radius 3 is 2.62 bits per heavy atom. The summed E-state index contributed by atoms with van der Waals surface area (Å²) in [4.78, 5) is 6.08. The highest BCUT2D eigenvalue weighted by Crippen LogP contribution is 2.40. The molecule has 130 valence electrons. The summed E-state index contributed by atoms with van der Waals surface area (Å²) >= 11 is 0. The summed E-state index contributed by atoms with van der Waals surface area (Å²) in [5, 5.41) is 9.99. The molecule has 1 aliphatic rings. The number of alkyl halides is 3. The number of halogens is 3. The molecule has 2 aromatic rings. The van der Waals surface area contributed by atoms with Crippen molar-refractivity contribution in [2.45, 2.75) is 45.1 Å². The van der Waals surface area contributed by atoms with Gasteiger partial charge in [0.1, 0.15) is 5.76 Å². The third-order valence-electron chi connectivity index (χ3n) is 4.42. The van der Waals surface area contributed by atoms with Crippen LogP contribution in [0, 0.1) is 13.8 Å². The van der Waals surface area contributed by atoms with Gasteiger partial charge < -0.3 is 9.52 Å². The second-order valence-electron chi connectivity index (χ2n) is 6.17. The lowest BCUT2D eigenvalue weighted by atomic mass is 9.97. The van der Waals surface area contributed by atoms with Gasteiger partial charge in [-0.3, -0.25) is 4.90 Å². The Labute approximate surface area is 137 Å². The fourth-order valence-electron chi connectivity index (χ4n) is 3.20. The third kappa shape index (κ3) is 3.32. The Hall–Kier alpha value is -1.86. The number of rotatable bonds is 3. The van der Waals surface area contributed by atoms with Crippen molar-refractivity contribution in [2.24, 2.45) is 0 Å². The summed E-state index contributed by atoms with van der Waals surface area (Å²) in [6, 6.07) is 5.00. The minimum absolute atomic E-state index is 0.182. The van der Waals surface area contributed by atoms with Crippen LogP contribution in [0.2, 0.25) is 0 Å². The largest absolute Gasteiger partial charge is 0.444 e. The van der Waals surface area contributed by atoms with Gasteiger partial charge in [0, 0.05) is 12.6 Å². The van der Waals surface area contributed by atoms with E-state index >= 15 is 0 Å². The van der Waals surface area contributed by atoms with E-state index in [1.165, 1.54) is 12.1 Å². The molecular formula is C17H19F3N2O2. The van der Waals surface area contributed by atoms with Crippen molar-refractivity contribution in [3.8, 4) is 0 Å². The first-order valence-corrected chi connectivity index (χ1v) is 7.77. The molecular weight excluding hydrogens is 321 g/mol. The van der Waals surface area contributed by atoms with Crippen LogP contribution in [0.4, 0.5) is 13.2 Å². The van der Waals surface area contributed by atoms with Crippen LogP contribution in [0.5, 0.6) is 0 Å². The average molecular weight is 340 g/mol. The lowest BCUT2D eigenvalue weighted by Gasteiger charge is -2.25. The number of β-amino-alcohol motifs (C(OH)–C–C–N with tert-alkyl or cyclic N) is 1. The fraction of sp³-hybridized carbons (Fsp3) is 0.471. The normalized spacial score (nSPS) is 22.2. The monoisotopic (exact) mass is 340 g/mol. The van der Waals surface area contributed by atoms with Gasteiger partial charge in [-0.05, 0) is 31.9 Å². The number of hydrogen-bond donors (Lipinski definition) is 1. The number of aromatic nitrogens is 1.